The van der Waals surface area contributed by atoms with Crippen LogP contribution in [0.5, 0.6) is 5.88 Å². The third-order valence-corrected chi connectivity index (χ3v) is 6.16. The number of hydrogen-bond donors (Lipinski definition) is 3. The number of benzene rings is 2. The largest absolute Gasteiger partial charge is 0.414 e. The summed E-state index contributed by atoms with van der Waals surface area (Å²) in [6.45, 7) is -0.176. The van der Waals surface area contributed by atoms with Crippen molar-refractivity contribution >= 4 is 17.7 Å². The molecule has 0 radical (unpaired) electrons. The third-order valence-electron chi connectivity index (χ3n) is 5.93. The quantitative estimate of drug-likeness (QED) is 0.448. The molecule has 32 heavy (non-hydrogen) atoms. The van der Waals surface area contributed by atoms with Crippen molar-refractivity contribution in [1.29, 1.82) is 0 Å². The standard InChI is InChI=1S/C25H28ClN3O3/c26-20-11-6-9-18(14-20)13-19-10-4-5-12-22-23(19)28-29-24(22)32-25(31)27-21(16-30)15-17-7-2-1-3-8-17/h1-3,6-9,11,14,19,21,30H,4-5,10,12-13,15-16H2,(H,27,31)(H,28,29)/t19?,21-/m0/s1. The molecule has 1 amide bonds. The Hall–Kier alpha value is -2.83. The molecule has 1 aliphatic carbocycles. The van der Waals surface area contributed by atoms with Crippen molar-refractivity contribution < 1.29 is 14.6 Å². The van der Waals surface area contributed by atoms with E-state index in [1.54, 1.807) is 0 Å². The van der Waals surface area contributed by atoms with Gasteiger partial charge < -0.3 is 15.2 Å². The van der Waals surface area contributed by atoms with Crippen LogP contribution in [-0.2, 0) is 19.3 Å². The number of amides is 1. The molecule has 4 rings (SSSR count). The Bertz CT molecular complexity index is 1040. The normalized spacial score (nSPS) is 16.6. The number of H-pyrrole nitrogens is 1. The average molecular weight is 454 g/mol. The van der Waals surface area contributed by atoms with Crippen LogP contribution in [0.15, 0.2) is 54.6 Å². The van der Waals surface area contributed by atoms with E-state index in [9.17, 15) is 9.90 Å². The first-order valence-corrected chi connectivity index (χ1v) is 11.4. The van der Waals surface area contributed by atoms with E-state index in [0.717, 1.165) is 53.9 Å². The Morgan fingerprint density at radius 1 is 1.19 bits per heavy atom. The molecule has 0 spiro atoms. The average Bonchev–Trinajstić information content (AvgIpc) is 3.06. The highest BCUT2D eigenvalue weighted by Gasteiger charge is 2.26. The van der Waals surface area contributed by atoms with Gasteiger partial charge in [-0.05, 0) is 55.4 Å². The van der Waals surface area contributed by atoms with Crippen molar-refractivity contribution in [2.75, 3.05) is 6.61 Å². The highest BCUT2D eigenvalue weighted by Crippen LogP contribution is 2.36. The van der Waals surface area contributed by atoms with Crippen molar-refractivity contribution in [1.82, 2.24) is 15.5 Å². The monoisotopic (exact) mass is 453 g/mol. The van der Waals surface area contributed by atoms with Crippen LogP contribution in [0, 0.1) is 0 Å². The zero-order chi connectivity index (χ0) is 22.3. The molecule has 0 fully saturated rings. The van der Waals surface area contributed by atoms with Gasteiger partial charge in [0.05, 0.1) is 12.6 Å². The van der Waals surface area contributed by atoms with Gasteiger partial charge in [-0.1, -0.05) is 60.5 Å². The molecule has 1 heterocycles. The molecule has 1 aromatic heterocycles. The summed E-state index contributed by atoms with van der Waals surface area (Å²) in [5, 5.41) is 20.6. The number of nitrogens with zero attached hydrogens (tertiary/aromatic N) is 1. The Morgan fingerprint density at radius 3 is 2.78 bits per heavy atom. The fraction of sp³-hybridized carbons (Fsp3) is 0.360. The van der Waals surface area contributed by atoms with Crippen LogP contribution in [0.3, 0.4) is 0 Å². The number of nitrogens with one attached hydrogen (secondary N) is 2. The van der Waals surface area contributed by atoms with Gasteiger partial charge in [-0.25, -0.2) is 4.79 Å². The lowest BCUT2D eigenvalue weighted by Gasteiger charge is -2.16. The molecule has 0 saturated heterocycles. The Morgan fingerprint density at radius 2 is 2.00 bits per heavy atom. The third kappa shape index (κ3) is 5.69. The molecule has 1 unspecified atom stereocenters. The van der Waals surface area contributed by atoms with Gasteiger partial charge in [-0.3, -0.25) is 5.10 Å². The molecule has 0 aliphatic heterocycles. The van der Waals surface area contributed by atoms with Crippen LogP contribution in [0.4, 0.5) is 4.79 Å². The summed E-state index contributed by atoms with van der Waals surface area (Å²) >= 11 is 6.16. The fourth-order valence-corrected chi connectivity index (χ4v) is 4.57. The SMILES string of the molecule is O=C(N[C@H](CO)Cc1ccccc1)Oc1n[nH]c2c1CCCCC2Cc1cccc(Cl)c1. The number of aromatic nitrogens is 2. The van der Waals surface area contributed by atoms with Crippen LogP contribution in [0.1, 0.15) is 47.6 Å². The predicted molar refractivity (Wildman–Crippen MR) is 124 cm³/mol. The maximum absolute atomic E-state index is 12.5. The molecule has 2 aromatic carbocycles. The number of fused-ring (bicyclic) bond motifs is 1. The molecule has 3 aromatic rings. The summed E-state index contributed by atoms with van der Waals surface area (Å²) in [5.41, 5.74) is 4.21. The Labute approximate surface area is 193 Å². The maximum atomic E-state index is 12.5. The van der Waals surface area contributed by atoms with Crippen LogP contribution < -0.4 is 10.1 Å². The Kier molecular flexibility index (Phi) is 7.45. The number of ether oxygens (including phenoxy) is 1. The number of hydrogen-bond acceptors (Lipinski definition) is 4. The molecular formula is C25H28ClN3O3. The summed E-state index contributed by atoms with van der Waals surface area (Å²) in [6.07, 6.45) is 4.74. The van der Waals surface area contributed by atoms with E-state index >= 15 is 0 Å². The van der Waals surface area contributed by atoms with E-state index in [1.807, 2.05) is 48.5 Å². The molecule has 0 bridgehead atoms. The lowest BCUT2D eigenvalue weighted by Crippen LogP contribution is -2.40. The van der Waals surface area contributed by atoms with Crippen LogP contribution in [-0.4, -0.2) is 34.0 Å². The van der Waals surface area contributed by atoms with Gasteiger partial charge in [-0.15, -0.1) is 5.10 Å². The zero-order valence-corrected chi connectivity index (χ0v) is 18.6. The number of aliphatic hydroxyl groups excluding tert-OH is 1. The zero-order valence-electron chi connectivity index (χ0n) is 17.9. The van der Waals surface area contributed by atoms with Gasteiger partial charge in [0.2, 0.25) is 5.88 Å². The molecule has 0 saturated carbocycles. The molecule has 2 atom stereocenters. The minimum Gasteiger partial charge on any atom is -0.394 e. The second-order valence-electron chi connectivity index (χ2n) is 8.30. The van der Waals surface area contributed by atoms with Crippen LogP contribution in [0.2, 0.25) is 5.02 Å². The highest BCUT2D eigenvalue weighted by atomic mass is 35.5. The minimum atomic E-state index is -0.607. The van der Waals surface area contributed by atoms with Gasteiger partial charge in [0.1, 0.15) is 0 Å². The van der Waals surface area contributed by atoms with Crippen molar-refractivity contribution in [2.45, 2.75) is 50.5 Å². The second kappa shape index (κ2) is 10.7. The first kappa shape index (κ1) is 22.4. The van der Waals surface area contributed by atoms with Gasteiger partial charge in [0.15, 0.2) is 0 Å². The summed E-state index contributed by atoms with van der Waals surface area (Å²) in [4.78, 5) is 12.5. The van der Waals surface area contributed by atoms with Gasteiger partial charge in [-0.2, -0.15) is 0 Å². The molecule has 1 aliphatic rings. The molecule has 3 N–H and O–H groups in total. The van der Waals surface area contributed by atoms with E-state index in [2.05, 4.69) is 21.6 Å². The summed E-state index contributed by atoms with van der Waals surface area (Å²) in [7, 11) is 0. The van der Waals surface area contributed by atoms with Crippen LogP contribution in [0.25, 0.3) is 0 Å². The first-order chi connectivity index (χ1) is 15.6. The van der Waals surface area contributed by atoms with Crippen molar-refractivity contribution in [3.8, 4) is 5.88 Å². The van der Waals surface area contributed by atoms with Gasteiger partial charge in [0.25, 0.3) is 0 Å². The molecule has 168 valence electrons. The predicted octanol–water partition coefficient (Wildman–Crippen LogP) is 4.81. The summed E-state index contributed by atoms with van der Waals surface area (Å²) < 4.78 is 5.57. The lowest BCUT2D eigenvalue weighted by molar-refractivity contribution is 0.180. The maximum Gasteiger partial charge on any atom is 0.414 e. The van der Waals surface area contributed by atoms with E-state index in [4.69, 9.17) is 16.3 Å². The van der Waals surface area contributed by atoms with E-state index < -0.39 is 12.1 Å². The van der Waals surface area contributed by atoms with Crippen molar-refractivity contribution in [2.24, 2.45) is 0 Å². The number of aliphatic hydroxyl groups is 1. The van der Waals surface area contributed by atoms with Crippen LogP contribution >= 0.6 is 11.6 Å². The smallest absolute Gasteiger partial charge is 0.394 e. The van der Waals surface area contributed by atoms with Crippen molar-refractivity contribution in [3.63, 3.8) is 0 Å². The molecule has 7 heteroatoms. The minimum absolute atomic E-state index is 0.176. The molecule has 6 nitrogen and oxygen atoms in total. The van der Waals surface area contributed by atoms with E-state index in [1.165, 1.54) is 5.56 Å². The van der Waals surface area contributed by atoms with E-state index in [-0.39, 0.29) is 12.5 Å². The van der Waals surface area contributed by atoms with Gasteiger partial charge >= 0.3 is 6.09 Å². The topological polar surface area (TPSA) is 87.2 Å². The lowest BCUT2D eigenvalue weighted by atomic mass is 9.92. The Balaban J connectivity index is 1.43. The number of rotatable bonds is 7. The van der Waals surface area contributed by atoms with Crippen molar-refractivity contribution in [3.05, 3.63) is 82.0 Å². The number of carbonyl (C=O) groups is 1. The summed E-state index contributed by atoms with van der Waals surface area (Å²) in [6, 6.07) is 17.2. The fourth-order valence-electron chi connectivity index (χ4n) is 4.36. The van der Waals surface area contributed by atoms with Gasteiger partial charge in [0, 0.05) is 22.2 Å². The highest BCUT2D eigenvalue weighted by molar-refractivity contribution is 6.30. The number of aromatic amines is 1. The second-order valence-corrected chi connectivity index (χ2v) is 8.74. The first-order valence-electron chi connectivity index (χ1n) is 11.1. The number of carbonyl (C=O) groups excluding carboxylic acids is 1. The summed E-state index contributed by atoms with van der Waals surface area (Å²) in [5.74, 6) is 0.592. The number of halogens is 1. The van der Waals surface area contributed by atoms with E-state index in [0.29, 0.717) is 12.3 Å². The molecular weight excluding hydrogens is 426 g/mol.